The van der Waals surface area contributed by atoms with E-state index in [2.05, 4.69) is 37.6 Å². The predicted molar refractivity (Wildman–Crippen MR) is 128 cm³/mol. The summed E-state index contributed by atoms with van der Waals surface area (Å²) in [5.74, 6) is 1.10. The number of carbonyl (C=O) groups is 2. The van der Waals surface area contributed by atoms with E-state index in [4.69, 9.17) is 0 Å². The molecule has 1 aliphatic heterocycles. The molecule has 1 atom stereocenters. The number of thioether (sulfide) groups is 1. The van der Waals surface area contributed by atoms with Gasteiger partial charge in [0.15, 0.2) is 10.9 Å². The van der Waals surface area contributed by atoms with Crippen molar-refractivity contribution in [3.63, 3.8) is 0 Å². The molecule has 1 aliphatic carbocycles. The van der Waals surface area contributed by atoms with Crippen LogP contribution in [0.3, 0.4) is 0 Å². The first-order valence-electron chi connectivity index (χ1n) is 11.2. The molecule has 0 unspecified atom stereocenters. The highest BCUT2D eigenvalue weighted by Crippen LogP contribution is 2.35. The minimum absolute atomic E-state index is 0.0159. The quantitative estimate of drug-likeness (QED) is 0.369. The average molecular weight is 467 g/mol. The van der Waals surface area contributed by atoms with E-state index in [-0.39, 0.29) is 17.6 Å². The fraction of sp³-hybridized carbons (Fsp3) is 0.417. The zero-order valence-electron chi connectivity index (χ0n) is 18.0. The van der Waals surface area contributed by atoms with E-state index >= 15 is 0 Å². The van der Waals surface area contributed by atoms with Crippen molar-refractivity contribution in [2.75, 3.05) is 11.1 Å². The molecule has 1 saturated carbocycles. The number of nitrogens with one attached hydrogen (secondary N) is 1. The number of Topliss-reactive ketones (excluding diaryl/α,β-unsaturated/α-hetero) is 1. The van der Waals surface area contributed by atoms with Crippen LogP contribution in [-0.2, 0) is 11.2 Å². The molecule has 166 valence electrons. The number of rotatable bonds is 7. The summed E-state index contributed by atoms with van der Waals surface area (Å²) in [7, 11) is 0. The number of benzene rings is 1. The summed E-state index contributed by atoms with van der Waals surface area (Å²) in [6, 6.07) is 10.1. The molecule has 6 nitrogen and oxygen atoms in total. The first-order chi connectivity index (χ1) is 15.6. The van der Waals surface area contributed by atoms with Crippen molar-refractivity contribution in [2.24, 2.45) is 0 Å². The molecular formula is C24H26N4O2S2. The van der Waals surface area contributed by atoms with E-state index in [9.17, 15) is 9.59 Å². The third-order valence-electron chi connectivity index (χ3n) is 6.41. The molecule has 2 aromatic heterocycles. The number of nitrogens with zero attached hydrogens (tertiary/aromatic N) is 3. The van der Waals surface area contributed by atoms with E-state index < -0.39 is 0 Å². The summed E-state index contributed by atoms with van der Waals surface area (Å²) in [5, 5.41) is 14.8. The smallest absolute Gasteiger partial charge is 0.231 e. The molecule has 0 bridgehead atoms. The number of hydrogen-bond donors (Lipinski definition) is 1. The Bertz CT molecular complexity index is 1130. The van der Waals surface area contributed by atoms with Crippen LogP contribution in [0, 0.1) is 0 Å². The summed E-state index contributed by atoms with van der Waals surface area (Å²) in [4.78, 5) is 26.2. The topological polar surface area (TPSA) is 76.9 Å². The van der Waals surface area contributed by atoms with Crippen molar-refractivity contribution in [1.82, 2.24) is 14.8 Å². The Morgan fingerprint density at radius 3 is 2.84 bits per heavy atom. The minimum atomic E-state index is -0.223. The van der Waals surface area contributed by atoms with E-state index in [1.807, 2.05) is 19.1 Å². The van der Waals surface area contributed by atoms with E-state index in [1.165, 1.54) is 35.9 Å². The van der Waals surface area contributed by atoms with Crippen molar-refractivity contribution in [1.29, 1.82) is 0 Å². The molecule has 32 heavy (non-hydrogen) atoms. The Kier molecular flexibility index (Phi) is 6.15. The largest absolute Gasteiger partial charge is 0.325 e. The van der Waals surface area contributed by atoms with Gasteiger partial charge in [-0.25, -0.2) is 0 Å². The Morgan fingerprint density at radius 1 is 1.22 bits per heavy atom. The van der Waals surface area contributed by atoms with Crippen LogP contribution >= 0.6 is 23.1 Å². The monoisotopic (exact) mass is 466 g/mol. The second kappa shape index (κ2) is 9.19. The molecule has 1 aromatic carbocycles. The van der Waals surface area contributed by atoms with Gasteiger partial charge in [-0.3, -0.25) is 9.59 Å². The normalized spacial score (nSPS) is 18.5. The number of ketones is 1. The van der Waals surface area contributed by atoms with E-state index in [0.29, 0.717) is 17.4 Å². The summed E-state index contributed by atoms with van der Waals surface area (Å²) in [5.41, 5.74) is 2.35. The number of thiophene rings is 1. The highest BCUT2D eigenvalue weighted by molar-refractivity contribution is 7.99. The van der Waals surface area contributed by atoms with Gasteiger partial charge in [-0.05, 0) is 55.0 Å². The van der Waals surface area contributed by atoms with Gasteiger partial charge in [-0.15, -0.1) is 21.5 Å². The van der Waals surface area contributed by atoms with Gasteiger partial charge in [0.05, 0.1) is 11.7 Å². The number of carbonyl (C=O) groups excluding carboxylic acids is 2. The zero-order chi connectivity index (χ0) is 22.1. The molecule has 0 saturated heterocycles. The van der Waals surface area contributed by atoms with Crippen LogP contribution in [0.1, 0.15) is 77.6 Å². The maximum absolute atomic E-state index is 13.0. The third kappa shape index (κ3) is 4.26. The predicted octanol–water partition coefficient (Wildman–Crippen LogP) is 5.47. The lowest BCUT2D eigenvalue weighted by Crippen LogP contribution is -2.17. The van der Waals surface area contributed by atoms with Crippen LogP contribution < -0.4 is 5.32 Å². The lowest BCUT2D eigenvalue weighted by Gasteiger charge is -2.25. The van der Waals surface area contributed by atoms with Gasteiger partial charge >= 0.3 is 0 Å². The summed E-state index contributed by atoms with van der Waals surface area (Å²) >= 11 is 3.21. The van der Waals surface area contributed by atoms with Crippen molar-refractivity contribution < 1.29 is 9.59 Å². The Morgan fingerprint density at radius 2 is 2.06 bits per heavy atom. The lowest BCUT2D eigenvalue weighted by molar-refractivity contribution is -0.116. The van der Waals surface area contributed by atoms with Crippen LogP contribution in [0.5, 0.6) is 0 Å². The first-order valence-corrected chi connectivity index (χ1v) is 13.0. The summed E-state index contributed by atoms with van der Waals surface area (Å²) in [6.07, 6.45) is 6.80. The van der Waals surface area contributed by atoms with Crippen molar-refractivity contribution in [3.8, 4) is 0 Å². The molecule has 3 heterocycles. The SMILES string of the molecule is C[C@@H]1C(=O)Nc2ccc(C(=O)CSc3nnc(Cc4cccs4)n3C3CCCCC3)cc21. The van der Waals surface area contributed by atoms with Crippen LogP contribution in [-0.4, -0.2) is 32.2 Å². The lowest BCUT2D eigenvalue weighted by atomic mass is 9.95. The average Bonchev–Trinajstić information content (AvgIpc) is 3.53. The third-order valence-corrected chi connectivity index (χ3v) is 8.23. The molecule has 2 aliphatic rings. The maximum Gasteiger partial charge on any atom is 0.231 e. The van der Waals surface area contributed by atoms with Gasteiger partial charge in [0.25, 0.3) is 0 Å². The van der Waals surface area contributed by atoms with Crippen LogP contribution in [0.4, 0.5) is 5.69 Å². The van der Waals surface area contributed by atoms with E-state index in [1.54, 1.807) is 17.4 Å². The fourth-order valence-electron chi connectivity index (χ4n) is 4.61. The van der Waals surface area contributed by atoms with Gasteiger partial charge in [-0.1, -0.05) is 37.1 Å². The second-order valence-electron chi connectivity index (χ2n) is 8.54. The molecule has 3 aromatic rings. The Labute approximate surface area is 195 Å². The van der Waals surface area contributed by atoms with Gasteiger partial charge in [-0.2, -0.15) is 0 Å². The van der Waals surface area contributed by atoms with Crippen LogP contribution in [0.2, 0.25) is 0 Å². The summed E-state index contributed by atoms with van der Waals surface area (Å²) < 4.78 is 2.30. The van der Waals surface area contributed by atoms with Gasteiger partial charge in [0, 0.05) is 28.6 Å². The van der Waals surface area contributed by atoms with Crippen molar-refractivity contribution >= 4 is 40.5 Å². The standard InChI is InChI=1S/C24H26N4O2S2/c1-15-19-12-16(9-10-20(19)25-23(15)30)21(29)14-32-24-27-26-22(13-18-8-5-11-31-18)28(24)17-6-3-2-4-7-17/h5,8-12,15,17H,2-4,6-7,13-14H2,1H3,(H,25,30)/t15-/m0/s1. The van der Waals surface area contributed by atoms with Gasteiger partial charge in [0.2, 0.25) is 5.91 Å². The molecule has 1 amide bonds. The molecule has 1 N–H and O–H groups in total. The number of aromatic nitrogens is 3. The number of anilines is 1. The molecule has 5 rings (SSSR count). The molecule has 0 spiro atoms. The number of hydrogen-bond acceptors (Lipinski definition) is 6. The molecular weight excluding hydrogens is 440 g/mol. The first kappa shape index (κ1) is 21.4. The van der Waals surface area contributed by atoms with Crippen molar-refractivity contribution in [2.45, 2.75) is 62.6 Å². The van der Waals surface area contributed by atoms with Crippen LogP contribution in [0.25, 0.3) is 0 Å². The zero-order valence-corrected chi connectivity index (χ0v) is 19.7. The van der Waals surface area contributed by atoms with Gasteiger partial charge in [0.1, 0.15) is 5.82 Å². The highest BCUT2D eigenvalue weighted by Gasteiger charge is 2.28. The van der Waals surface area contributed by atoms with E-state index in [0.717, 1.165) is 41.5 Å². The number of amides is 1. The molecule has 8 heteroatoms. The summed E-state index contributed by atoms with van der Waals surface area (Å²) in [6.45, 7) is 1.87. The fourth-order valence-corrected chi connectivity index (χ4v) is 6.23. The van der Waals surface area contributed by atoms with Gasteiger partial charge < -0.3 is 9.88 Å². The second-order valence-corrected chi connectivity index (χ2v) is 10.5. The minimum Gasteiger partial charge on any atom is -0.325 e. The maximum atomic E-state index is 13.0. The molecule has 1 fully saturated rings. The van der Waals surface area contributed by atoms with Crippen LogP contribution in [0.15, 0.2) is 40.9 Å². The Hall–Kier alpha value is -2.45. The Balaban J connectivity index is 1.34. The highest BCUT2D eigenvalue weighted by atomic mass is 32.2. The molecule has 0 radical (unpaired) electrons. The number of fused-ring (bicyclic) bond motifs is 1. The van der Waals surface area contributed by atoms with Crippen molar-refractivity contribution in [3.05, 3.63) is 57.5 Å².